The van der Waals surface area contributed by atoms with Crippen LogP contribution >= 0.6 is 11.3 Å². The number of thiazole rings is 1. The predicted octanol–water partition coefficient (Wildman–Crippen LogP) is 3.37. The van der Waals surface area contributed by atoms with E-state index < -0.39 is 0 Å². The van der Waals surface area contributed by atoms with Crippen LogP contribution in [0.4, 0.5) is 5.69 Å². The highest BCUT2D eigenvalue weighted by molar-refractivity contribution is 7.09. The van der Waals surface area contributed by atoms with E-state index >= 15 is 0 Å². The fourth-order valence-corrected chi connectivity index (χ4v) is 5.73. The highest BCUT2D eigenvalue weighted by atomic mass is 32.1. The number of ether oxygens (including phenoxy) is 1. The molecule has 1 aliphatic rings. The number of likely N-dealkylation sites (tertiary alicyclic amines) is 1. The maximum absolute atomic E-state index is 13.2. The Morgan fingerprint density at radius 1 is 1.12 bits per heavy atom. The fraction of sp³-hybridized carbons (Fsp3) is 0.393. The van der Waals surface area contributed by atoms with Crippen LogP contribution in [-0.2, 0) is 4.79 Å². The van der Waals surface area contributed by atoms with Gasteiger partial charge in [-0.15, -0.1) is 21.5 Å². The molecule has 0 saturated carbocycles. The summed E-state index contributed by atoms with van der Waals surface area (Å²) in [6, 6.07) is 9.00. The molecule has 4 heterocycles. The van der Waals surface area contributed by atoms with Gasteiger partial charge in [0.2, 0.25) is 5.91 Å². The SMILES string of the molecule is CC(=O)Nc1cccc(OCCCNC(=O)c2csc(C3CCN(C(=O)c4nnc5cc(C)nn5c4C)CC3)n2)c1. The number of hydrogen-bond acceptors (Lipinski definition) is 9. The number of aromatic nitrogens is 5. The second kappa shape index (κ2) is 12.4. The molecule has 1 aliphatic heterocycles. The van der Waals surface area contributed by atoms with Crippen molar-refractivity contribution >= 4 is 40.4 Å². The first-order chi connectivity index (χ1) is 19.8. The van der Waals surface area contributed by atoms with Crippen LogP contribution in [0.5, 0.6) is 5.75 Å². The first kappa shape index (κ1) is 28.1. The molecule has 214 valence electrons. The Hall–Kier alpha value is -4.39. The molecule has 3 amide bonds. The molecule has 0 spiro atoms. The fourth-order valence-electron chi connectivity index (χ4n) is 4.76. The van der Waals surface area contributed by atoms with E-state index in [-0.39, 0.29) is 23.6 Å². The number of piperidine rings is 1. The average molecular weight is 577 g/mol. The lowest BCUT2D eigenvalue weighted by atomic mass is 9.97. The molecule has 41 heavy (non-hydrogen) atoms. The van der Waals surface area contributed by atoms with Crippen molar-refractivity contribution in [2.24, 2.45) is 0 Å². The molecule has 1 fully saturated rings. The number of benzene rings is 1. The molecule has 1 aromatic carbocycles. The van der Waals surface area contributed by atoms with Gasteiger partial charge < -0.3 is 20.3 Å². The summed E-state index contributed by atoms with van der Waals surface area (Å²) in [5.41, 5.74) is 3.51. The van der Waals surface area contributed by atoms with Crippen LogP contribution in [0.1, 0.15) is 69.5 Å². The number of rotatable bonds is 9. The Morgan fingerprint density at radius 3 is 2.71 bits per heavy atom. The maximum Gasteiger partial charge on any atom is 0.276 e. The molecule has 3 aromatic heterocycles. The molecule has 0 atom stereocenters. The van der Waals surface area contributed by atoms with Gasteiger partial charge in [-0.1, -0.05) is 6.07 Å². The molecule has 1 saturated heterocycles. The standard InChI is InChI=1S/C28H32N8O4S/c1-17-14-24-32-33-25(18(2)36(24)34-17)28(39)35-11-8-20(9-12-35)27-31-23(16-41-27)26(38)29-10-5-13-40-22-7-4-6-21(15-22)30-19(3)37/h4,6-7,14-16,20H,5,8-13H2,1-3H3,(H,29,38)(H,30,37). The smallest absolute Gasteiger partial charge is 0.276 e. The van der Waals surface area contributed by atoms with Crippen molar-refractivity contribution in [1.29, 1.82) is 0 Å². The Kier molecular flexibility index (Phi) is 8.53. The highest BCUT2D eigenvalue weighted by Crippen LogP contribution is 2.31. The Bertz CT molecular complexity index is 1570. The predicted molar refractivity (Wildman–Crippen MR) is 153 cm³/mol. The summed E-state index contributed by atoms with van der Waals surface area (Å²) >= 11 is 1.48. The minimum atomic E-state index is -0.217. The minimum absolute atomic E-state index is 0.143. The summed E-state index contributed by atoms with van der Waals surface area (Å²) in [6.45, 7) is 7.19. The minimum Gasteiger partial charge on any atom is -0.493 e. The first-order valence-corrected chi connectivity index (χ1v) is 14.4. The van der Waals surface area contributed by atoms with Crippen molar-refractivity contribution < 1.29 is 19.1 Å². The van der Waals surface area contributed by atoms with Crippen molar-refractivity contribution in [2.75, 3.05) is 31.6 Å². The summed E-state index contributed by atoms with van der Waals surface area (Å²) in [6.07, 6.45) is 2.14. The summed E-state index contributed by atoms with van der Waals surface area (Å²) in [4.78, 5) is 43.4. The van der Waals surface area contributed by atoms with Crippen LogP contribution in [-0.4, -0.2) is 73.7 Å². The van der Waals surface area contributed by atoms with E-state index in [1.54, 1.807) is 26.9 Å². The van der Waals surface area contributed by atoms with E-state index in [0.717, 1.165) is 23.5 Å². The van der Waals surface area contributed by atoms with Gasteiger partial charge in [0.15, 0.2) is 11.3 Å². The quantitative estimate of drug-likeness (QED) is 0.289. The topological polar surface area (TPSA) is 144 Å². The number of anilines is 1. The summed E-state index contributed by atoms with van der Waals surface area (Å²) in [5.74, 6) is 0.335. The first-order valence-electron chi connectivity index (χ1n) is 13.5. The summed E-state index contributed by atoms with van der Waals surface area (Å²) in [5, 5.41) is 21.1. The lowest BCUT2D eigenvalue weighted by Crippen LogP contribution is -2.39. The van der Waals surface area contributed by atoms with Gasteiger partial charge in [0, 0.05) is 55.7 Å². The molecular formula is C28H32N8O4S. The molecule has 0 unspecified atom stereocenters. The molecule has 0 radical (unpaired) electrons. The number of nitrogens with zero attached hydrogens (tertiary/aromatic N) is 6. The van der Waals surface area contributed by atoms with Crippen molar-refractivity contribution in [2.45, 2.75) is 46.0 Å². The maximum atomic E-state index is 13.2. The molecule has 2 N–H and O–H groups in total. The van der Waals surface area contributed by atoms with Crippen molar-refractivity contribution in [1.82, 2.24) is 35.0 Å². The van der Waals surface area contributed by atoms with Crippen LogP contribution in [0, 0.1) is 13.8 Å². The van der Waals surface area contributed by atoms with Crippen LogP contribution in [0.25, 0.3) is 5.65 Å². The number of carbonyl (C=O) groups excluding carboxylic acids is 3. The van der Waals surface area contributed by atoms with Crippen LogP contribution < -0.4 is 15.4 Å². The van der Waals surface area contributed by atoms with E-state index in [4.69, 9.17) is 4.74 Å². The van der Waals surface area contributed by atoms with E-state index in [1.807, 2.05) is 32.0 Å². The monoisotopic (exact) mass is 576 g/mol. The third kappa shape index (κ3) is 6.68. The number of aryl methyl sites for hydroxylation is 2. The normalized spacial score (nSPS) is 13.8. The van der Waals surface area contributed by atoms with E-state index in [9.17, 15) is 14.4 Å². The van der Waals surface area contributed by atoms with E-state index in [0.29, 0.717) is 66.8 Å². The van der Waals surface area contributed by atoms with Gasteiger partial charge >= 0.3 is 0 Å². The largest absolute Gasteiger partial charge is 0.493 e. The van der Waals surface area contributed by atoms with Crippen molar-refractivity contribution in [3.8, 4) is 5.75 Å². The lowest BCUT2D eigenvalue weighted by molar-refractivity contribution is -0.114. The van der Waals surface area contributed by atoms with Gasteiger partial charge in [-0.2, -0.15) is 5.10 Å². The van der Waals surface area contributed by atoms with Gasteiger partial charge in [-0.25, -0.2) is 9.50 Å². The van der Waals surface area contributed by atoms with Gasteiger partial charge in [-0.05, 0) is 45.2 Å². The molecule has 5 rings (SSSR count). The zero-order chi connectivity index (χ0) is 28.9. The third-order valence-electron chi connectivity index (χ3n) is 6.84. The summed E-state index contributed by atoms with van der Waals surface area (Å²) in [7, 11) is 0. The second-order valence-corrected chi connectivity index (χ2v) is 10.9. The molecule has 12 nitrogen and oxygen atoms in total. The number of carbonyl (C=O) groups is 3. The lowest BCUT2D eigenvalue weighted by Gasteiger charge is -2.31. The Labute approximate surface area is 241 Å². The Morgan fingerprint density at radius 2 is 1.93 bits per heavy atom. The molecule has 4 aromatic rings. The van der Waals surface area contributed by atoms with E-state index in [1.165, 1.54) is 18.3 Å². The van der Waals surface area contributed by atoms with E-state index in [2.05, 4.69) is 30.9 Å². The van der Waals surface area contributed by atoms with Crippen LogP contribution in [0.2, 0.25) is 0 Å². The van der Waals surface area contributed by atoms with Crippen molar-refractivity contribution in [3.63, 3.8) is 0 Å². The number of fused-ring (bicyclic) bond motifs is 1. The molecule has 0 bridgehead atoms. The highest BCUT2D eigenvalue weighted by Gasteiger charge is 2.29. The number of hydrogen-bond donors (Lipinski definition) is 2. The van der Waals surface area contributed by atoms with Gasteiger partial charge in [-0.3, -0.25) is 14.4 Å². The molecular weight excluding hydrogens is 544 g/mol. The number of nitrogens with one attached hydrogen (secondary N) is 2. The zero-order valence-corrected chi connectivity index (χ0v) is 24.0. The van der Waals surface area contributed by atoms with Crippen LogP contribution in [0.15, 0.2) is 35.7 Å². The van der Waals surface area contributed by atoms with Crippen molar-refractivity contribution in [3.05, 3.63) is 63.5 Å². The average Bonchev–Trinajstić information content (AvgIpc) is 3.60. The zero-order valence-electron chi connectivity index (χ0n) is 23.2. The van der Waals surface area contributed by atoms with Gasteiger partial charge in [0.25, 0.3) is 11.8 Å². The second-order valence-electron chi connectivity index (χ2n) is 9.99. The Balaban J connectivity index is 1.07. The number of amides is 3. The summed E-state index contributed by atoms with van der Waals surface area (Å²) < 4.78 is 7.38. The van der Waals surface area contributed by atoms with Gasteiger partial charge in [0.05, 0.1) is 23.0 Å². The molecule has 13 heteroatoms. The van der Waals surface area contributed by atoms with Crippen LogP contribution in [0.3, 0.4) is 0 Å². The molecule has 0 aliphatic carbocycles. The van der Waals surface area contributed by atoms with Gasteiger partial charge in [0.1, 0.15) is 11.4 Å². The third-order valence-corrected chi connectivity index (χ3v) is 7.85.